The molecular weight excluding hydrogens is 272 g/mol. The zero-order valence-electron chi connectivity index (χ0n) is 12.4. The van der Waals surface area contributed by atoms with Gasteiger partial charge in [0, 0.05) is 26.7 Å². The average molecular weight is 294 g/mol. The van der Waals surface area contributed by atoms with E-state index in [4.69, 9.17) is 9.47 Å². The first-order valence-corrected chi connectivity index (χ1v) is 6.82. The van der Waals surface area contributed by atoms with Gasteiger partial charge in [-0.3, -0.25) is 0 Å². The minimum absolute atomic E-state index is 0.388. The van der Waals surface area contributed by atoms with Crippen LogP contribution in [0.25, 0.3) is 0 Å². The Morgan fingerprint density at radius 2 is 1.90 bits per heavy atom. The maximum absolute atomic E-state index is 11.8. The number of carbonyl (C=O) groups is 2. The fraction of sp³-hybridized carbons (Fsp3) is 0.467. The number of ether oxygens (including phenoxy) is 2. The number of benzene rings is 1. The number of nitrogens with one attached hydrogen (secondary N) is 2. The highest BCUT2D eigenvalue weighted by Crippen LogP contribution is 2.04. The summed E-state index contributed by atoms with van der Waals surface area (Å²) in [5, 5.41) is 5.30. The number of hydrogen-bond acceptors (Lipinski definition) is 4. The van der Waals surface area contributed by atoms with Gasteiger partial charge < -0.3 is 20.1 Å². The Kier molecular flexibility index (Phi) is 7.89. The van der Waals surface area contributed by atoms with Crippen LogP contribution in [0.3, 0.4) is 0 Å². The lowest BCUT2D eigenvalue weighted by atomic mass is 10.1. The van der Waals surface area contributed by atoms with Crippen molar-refractivity contribution in [3.05, 3.63) is 35.9 Å². The predicted molar refractivity (Wildman–Crippen MR) is 79.0 cm³/mol. The second-order valence-corrected chi connectivity index (χ2v) is 4.51. The molecule has 0 aliphatic rings. The van der Waals surface area contributed by atoms with Crippen LogP contribution in [-0.4, -0.2) is 45.4 Å². The van der Waals surface area contributed by atoms with Gasteiger partial charge in [-0.25, -0.2) is 9.59 Å². The lowest BCUT2D eigenvalue weighted by molar-refractivity contribution is -0.142. The third-order valence-corrected chi connectivity index (χ3v) is 2.88. The van der Waals surface area contributed by atoms with E-state index >= 15 is 0 Å². The van der Waals surface area contributed by atoms with Gasteiger partial charge in [0.1, 0.15) is 6.04 Å². The van der Waals surface area contributed by atoms with E-state index in [-0.39, 0.29) is 0 Å². The highest BCUT2D eigenvalue weighted by Gasteiger charge is 2.21. The number of methoxy groups -OCH3 is 2. The maximum atomic E-state index is 11.8. The number of urea groups is 1. The molecule has 0 aromatic heterocycles. The SMILES string of the molecule is COCCCNC(=O)N[C@@H](Cc1ccccc1)C(=O)OC. The summed E-state index contributed by atoms with van der Waals surface area (Å²) in [5.41, 5.74) is 0.951. The standard InChI is InChI=1S/C15H22N2O4/c1-20-10-6-9-16-15(19)17-13(14(18)21-2)11-12-7-4-3-5-8-12/h3-5,7-8,13H,6,9-11H2,1-2H3,(H2,16,17,19)/t13-/m0/s1. The first-order chi connectivity index (χ1) is 10.2. The molecule has 1 atom stereocenters. The van der Waals surface area contributed by atoms with Gasteiger partial charge in [0.05, 0.1) is 7.11 Å². The van der Waals surface area contributed by atoms with E-state index in [1.54, 1.807) is 7.11 Å². The molecule has 0 spiro atoms. The number of esters is 1. The third-order valence-electron chi connectivity index (χ3n) is 2.88. The molecule has 1 rings (SSSR count). The van der Waals surface area contributed by atoms with Crippen LogP contribution in [0.5, 0.6) is 0 Å². The predicted octanol–water partition coefficient (Wildman–Crippen LogP) is 1.11. The van der Waals surface area contributed by atoms with Crippen LogP contribution >= 0.6 is 0 Å². The molecule has 2 amide bonds. The van der Waals surface area contributed by atoms with Gasteiger partial charge >= 0.3 is 12.0 Å². The van der Waals surface area contributed by atoms with Gasteiger partial charge in [-0.05, 0) is 12.0 Å². The Hall–Kier alpha value is -2.08. The normalized spacial score (nSPS) is 11.5. The summed E-state index contributed by atoms with van der Waals surface area (Å²) in [6.07, 6.45) is 1.10. The molecule has 0 bridgehead atoms. The summed E-state index contributed by atoms with van der Waals surface area (Å²) in [5.74, 6) is -0.467. The second-order valence-electron chi connectivity index (χ2n) is 4.51. The third kappa shape index (κ3) is 6.76. The summed E-state index contributed by atoms with van der Waals surface area (Å²) >= 11 is 0. The van der Waals surface area contributed by atoms with E-state index in [0.717, 1.165) is 5.56 Å². The zero-order chi connectivity index (χ0) is 15.5. The van der Waals surface area contributed by atoms with Crippen molar-refractivity contribution in [3.63, 3.8) is 0 Å². The van der Waals surface area contributed by atoms with E-state index in [9.17, 15) is 9.59 Å². The molecule has 21 heavy (non-hydrogen) atoms. The molecule has 0 fully saturated rings. The van der Waals surface area contributed by atoms with E-state index in [1.807, 2.05) is 30.3 Å². The largest absolute Gasteiger partial charge is 0.467 e. The van der Waals surface area contributed by atoms with Gasteiger partial charge in [0.25, 0.3) is 0 Å². The van der Waals surface area contributed by atoms with Gasteiger partial charge in [-0.2, -0.15) is 0 Å². The Labute approximate surface area is 124 Å². The smallest absolute Gasteiger partial charge is 0.328 e. The Morgan fingerprint density at radius 3 is 2.52 bits per heavy atom. The Morgan fingerprint density at radius 1 is 1.19 bits per heavy atom. The summed E-state index contributed by atoms with van der Waals surface area (Å²) in [6.45, 7) is 1.06. The van der Waals surface area contributed by atoms with Gasteiger partial charge in [0.2, 0.25) is 0 Å². The quantitative estimate of drug-likeness (QED) is 0.556. The van der Waals surface area contributed by atoms with Gasteiger partial charge in [0.15, 0.2) is 0 Å². The molecule has 0 heterocycles. The van der Waals surface area contributed by atoms with Crippen molar-refractivity contribution in [2.75, 3.05) is 27.4 Å². The molecule has 0 aliphatic carbocycles. The molecule has 1 aromatic carbocycles. The van der Waals surface area contributed by atoms with E-state index < -0.39 is 18.0 Å². The minimum atomic E-state index is -0.708. The monoisotopic (exact) mass is 294 g/mol. The van der Waals surface area contributed by atoms with E-state index in [1.165, 1.54) is 7.11 Å². The van der Waals surface area contributed by atoms with Crippen LogP contribution < -0.4 is 10.6 Å². The van der Waals surface area contributed by atoms with Crippen molar-refractivity contribution in [1.29, 1.82) is 0 Å². The number of carbonyl (C=O) groups excluding carboxylic acids is 2. The average Bonchev–Trinajstić information content (AvgIpc) is 2.51. The molecule has 0 saturated heterocycles. The molecule has 0 radical (unpaired) electrons. The van der Waals surface area contributed by atoms with Crippen molar-refractivity contribution < 1.29 is 19.1 Å². The van der Waals surface area contributed by atoms with Crippen LogP contribution in [0, 0.1) is 0 Å². The summed E-state index contributed by atoms with van der Waals surface area (Å²) in [6, 6.07) is 8.36. The zero-order valence-corrected chi connectivity index (χ0v) is 12.4. The first-order valence-electron chi connectivity index (χ1n) is 6.82. The minimum Gasteiger partial charge on any atom is -0.467 e. The number of hydrogen-bond donors (Lipinski definition) is 2. The molecule has 0 aliphatic heterocycles. The second kappa shape index (κ2) is 9.77. The van der Waals surface area contributed by atoms with Crippen LogP contribution in [0.2, 0.25) is 0 Å². The molecule has 116 valence electrons. The fourth-order valence-corrected chi connectivity index (χ4v) is 1.81. The van der Waals surface area contributed by atoms with E-state index in [2.05, 4.69) is 10.6 Å². The highest BCUT2D eigenvalue weighted by molar-refractivity contribution is 5.83. The fourth-order valence-electron chi connectivity index (χ4n) is 1.81. The van der Waals surface area contributed by atoms with Gasteiger partial charge in [-0.1, -0.05) is 30.3 Å². The summed E-state index contributed by atoms with van der Waals surface area (Å²) in [4.78, 5) is 23.5. The lowest BCUT2D eigenvalue weighted by Crippen LogP contribution is -2.47. The molecule has 6 nitrogen and oxygen atoms in total. The molecular formula is C15H22N2O4. The molecule has 2 N–H and O–H groups in total. The maximum Gasteiger partial charge on any atom is 0.328 e. The summed E-state index contributed by atoms with van der Waals surface area (Å²) < 4.78 is 9.62. The van der Waals surface area contributed by atoms with Gasteiger partial charge in [-0.15, -0.1) is 0 Å². The van der Waals surface area contributed by atoms with Crippen molar-refractivity contribution in [3.8, 4) is 0 Å². The summed E-state index contributed by atoms with van der Waals surface area (Å²) in [7, 11) is 2.91. The van der Waals surface area contributed by atoms with E-state index in [0.29, 0.717) is 26.0 Å². The molecule has 6 heteroatoms. The molecule has 0 unspecified atom stereocenters. The number of rotatable bonds is 8. The Bertz CT molecular complexity index is 437. The first kappa shape index (κ1) is 17.0. The van der Waals surface area contributed by atoms with Crippen LogP contribution in [0.1, 0.15) is 12.0 Å². The highest BCUT2D eigenvalue weighted by atomic mass is 16.5. The van der Waals surface area contributed by atoms with Crippen LogP contribution in [0.4, 0.5) is 4.79 Å². The topological polar surface area (TPSA) is 76.7 Å². The van der Waals surface area contributed by atoms with Crippen LogP contribution in [-0.2, 0) is 20.7 Å². The molecule has 0 saturated carbocycles. The van der Waals surface area contributed by atoms with Crippen molar-refractivity contribution in [2.45, 2.75) is 18.9 Å². The van der Waals surface area contributed by atoms with Crippen molar-refractivity contribution >= 4 is 12.0 Å². The van der Waals surface area contributed by atoms with Crippen LogP contribution in [0.15, 0.2) is 30.3 Å². The Balaban J connectivity index is 2.50. The number of amides is 2. The van der Waals surface area contributed by atoms with Crippen molar-refractivity contribution in [2.24, 2.45) is 0 Å². The molecule has 1 aromatic rings. The lowest BCUT2D eigenvalue weighted by Gasteiger charge is -2.17. The van der Waals surface area contributed by atoms with Crippen molar-refractivity contribution in [1.82, 2.24) is 10.6 Å².